The number of nitrogens with one attached hydrogen (secondary N) is 1. The number of carboxylic acids is 1. The summed E-state index contributed by atoms with van der Waals surface area (Å²) in [5, 5.41) is 20.9. The summed E-state index contributed by atoms with van der Waals surface area (Å²) >= 11 is 1.26. The smallest absolute Gasteiger partial charge is 0.328 e. The third-order valence-electron chi connectivity index (χ3n) is 3.27. The first-order chi connectivity index (χ1) is 9.54. The third-order valence-corrected chi connectivity index (χ3v) is 4.32. The van der Waals surface area contributed by atoms with Crippen molar-refractivity contribution in [2.24, 2.45) is 0 Å². The number of carbonyl (C=O) groups is 2. The van der Waals surface area contributed by atoms with Crippen molar-refractivity contribution in [1.29, 1.82) is 0 Å². The molecule has 0 aliphatic heterocycles. The van der Waals surface area contributed by atoms with Crippen LogP contribution < -0.4 is 5.32 Å². The molecule has 0 atom stereocenters. The van der Waals surface area contributed by atoms with Crippen LogP contribution in [0.1, 0.15) is 40.2 Å². The molecule has 0 saturated heterocycles. The fraction of sp³-hybridized carbons (Fsp3) is 0.429. The molecule has 1 heterocycles. The Morgan fingerprint density at radius 2 is 1.95 bits per heavy atom. The highest BCUT2D eigenvalue weighted by molar-refractivity contribution is 7.14. The molecule has 0 unspecified atom stereocenters. The second kappa shape index (κ2) is 6.67. The molecule has 2 rings (SSSR count). The normalized spacial score (nSPS) is 22.9. The van der Waals surface area contributed by atoms with Gasteiger partial charge in [-0.3, -0.25) is 4.79 Å². The highest BCUT2D eigenvalue weighted by Crippen LogP contribution is 2.21. The van der Waals surface area contributed by atoms with Gasteiger partial charge in [-0.25, -0.2) is 4.79 Å². The first kappa shape index (κ1) is 14.7. The number of aliphatic carboxylic acids is 1. The van der Waals surface area contributed by atoms with Crippen LogP contribution in [0.4, 0.5) is 0 Å². The zero-order chi connectivity index (χ0) is 14.5. The Morgan fingerprint density at radius 3 is 2.60 bits per heavy atom. The van der Waals surface area contributed by atoms with Gasteiger partial charge in [0.1, 0.15) is 0 Å². The molecule has 0 spiro atoms. The molecule has 0 radical (unpaired) electrons. The maximum atomic E-state index is 12.0. The van der Waals surface area contributed by atoms with Gasteiger partial charge in [0.25, 0.3) is 5.91 Å². The molecule has 0 bridgehead atoms. The lowest BCUT2D eigenvalue weighted by Crippen LogP contribution is -2.38. The summed E-state index contributed by atoms with van der Waals surface area (Å²) in [5.41, 5.74) is 0. The molecule has 1 aromatic rings. The van der Waals surface area contributed by atoms with E-state index in [-0.39, 0.29) is 18.1 Å². The maximum absolute atomic E-state index is 12.0. The van der Waals surface area contributed by atoms with E-state index in [1.54, 1.807) is 12.1 Å². The van der Waals surface area contributed by atoms with E-state index in [9.17, 15) is 14.7 Å². The third kappa shape index (κ3) is 4.18. The van der Waals surface area contributed by atoms with Crippen molar-refractivity contribution in [2.45, 2.75) is 37.8 Å². The van der Waals surface area contributed by atoms with E-state index in [1.807, 2.05) is 0 Å². The van der Waals surface area contributed by atoms with E-state index in [0.717, 1.165) is 36.6 Å². The Bertz CT molecular complexity index is 515. The summed E-state index contributed by atoms with van der Waals surface area (Å²) in [4.78, 5) is 23.8. The van der Waals surface area contributed by atoms with Gasteiger partial charge < -0.3 is 15.5 Å². The van der Waals surface area contributed by atoms with Gasteiger partial charge in [0.2, 0.25) is 0 Å². The van der Waals surface area contributed by atoms with Crippen molar-refractivity contribution in [1.82, 2.24) is 5.32 Å². The topological polar surface area (TPSA) is 86.6 Å². The number of rotatable bonds is 4. The lowest BCUT2D eigenvalue weighted by molar-refractivity contribution is -0.131. The number of thiophene rings is 1. The number of hydrogen-bond donors (Lipinski definition) is 3. The van der Waals surface area contributed by atoms with Gasteiger partial charge in [-0.2, -0.15) is 0 Å². The van der Waals surface area contributed by atoms with Gasteiger partial charge in [-0.05, 0) is 43.9 Å². The Balaban J connectivity index is 1.91. The maximum Gasteiger partial charge on any atom is 0.328 e. The summed E-state index contributed by atoms with van der Waals surface area (Å²) in [5.74, 6) is -1.14. The largest absolute Gasteiger partial charge is 0.478 e. The first-order valence-electron chi connectivity index (χ1n) is 6.54. The molecule has 5 nitrogen and oxygen atoms in total. The lowest BCUT2D eigenvalue weighted by Gasteiger charge is -2.25. The molecule has 6 heteroatoms. The predicted molar refractivity (Wildman–Crippen MR) is 76.7 cm³/mol. The Hall–Kier alpha value is -1.66. The van der Waals surface area contributed by atoms with Gasteiger partial charge in [0, 0.05) is 17.0 Å². The molecule has 0 aromatic carbocycles. The molecular formula is C14H17NO4S. The van der Waals surface area contributed by atoms with Gasteiger partial charge in [-0.15, -0.1) is 11.3 Å². The molecule has 1 aromatic heterocycles. The van der Waals surface area contributed by atoms with Crippen molar-refractivity contribution in [3.05, 3.63) is 28.0 Å². The highest BCUT2D eigenvalue weighted by Gasteiger charge is 2.21. The molecule has 1 aliphatic carbocycles. The van der Waals surface area contributed by atoms with Crippen LogP contribution in [0, 0.1) is 0 Å². The average molecular weight is 295 g/mol. The Morgan fingerprint density at radius 1 is 1.25 bits per heavy atom. The van der Waals surface area contributed by atoms with Crippen molar-refractivity contribution in [3.63, 3.8) is 0 Å². The minimum atomic E-state index is -1.01. The summed E-state index contributed by atoms with van der Waals surface area (Å²) in [6.45, 7) is 0. The van der Waals surface area contributed by atoms with E-state index in [2.05, 4.69) is 5.32 Å². The van der Waals surface area contributed by atoms with Crippen LogP contribution in [-0.2, 0) is 4.79 Å². The Labute approximate surface area is 120 Å². The van der Waals surface area contributed by atoms with Crippen molar-refractivity contribution < 1.29 is 19.8 Å². The molecule has 1 aliphatic rings. The summed E-state index contributed by atoms with van der Waals surface area (Å²) in [6, 6.07) is 3.54. The van der Waals surface area contributed by atoms with Crippen molar-refractivity contribution in [2.75, 3.05) is 0 Å². The lowest BCUT2D eigenvalue weighted by atomic mass is 9.93. The zero-order valence-corrected chi connectivity index (χ0v) is 11.7. The van der Waals surface area contributed by atoms with Gasteiger partial charge >= 0.3 is 5.97 Å². The van der Waals surface area contributed by atoms with Crippen LogP contribution in [0.2, 0.25) is 0 Å². The average Bonchev–Trinajstić information content (AvgIpc) is 2.88. The number of amides is 1. The van der Waals surface area contributed by atoms with Crippen LogP contribution in [0.5, 0.6) is 0 Å². The standard InChI is InChI=1S/C14H17NO4S/c16-10-3-1-9(2-4-10)15-14(19)12-7-5-11(20-12)6-8-13(17)18/h5-10,16H,1-4H2,(H,15,19)(H,17,18). The minimum Gasteiger partial charge on any atom is -0.478 e. The molecule has 1 fully saturated rings. The highest BCUT2D eigenvalue weighted by atomic mass is 32.1. The molecule has 108 valence electrons. The number of aliphatic hydroxyl groups is 1. The van der Waals surface area contributed by atoms with Gasteiger partial charge in [0.15, 0.2) is 0 Å². The van der Waals surface area contributed by atoms with Crippen LogP contribution in [0.3, 0.4) is 0 Å². The summed E-state index contributed by atoms with van der Waals surface area (Å²) in [6.07, 6.45) is 5.33. The minimum absolute atomic E-state index is 0.117. The van der Waals surface area contributed by atoms with E-state index >= 15 is 0 Å². The molecule has 1 saturated carbocycles. The second-order valence-corrected chi connectivity index (χ2v) is 5.97. The van der Waals surface area contributed by atoms with Crippen LogP contribution >= 0.6 is 11.3 Å². The van der Waals surface area contributed by atoms with Crippen molar-refractivity contribution >= 4 is 29.3 Å². The Kier molecular flexibility index (Phi) is 4.92. The van der Waals surface area contributed by atoms with E-state index in [4.69, 9.17) is 5.11 Å². The summed E-state index contributed by atoms with van der Waals surface area (Å²) in [7, 11) is 0. The van der Waals surface area contributed by atoms with Gasteiger partial charge in [-0.1, -0.05) is 0 Å². The van der Waals surface area contributed by atoms with E-state index in [1.165, 1.54) is 17.4 Å². The fourth-order valence-corrected chi connectivity index (χ4v) is 3.01. The fourth-order valence-electron chi connectivity index (χ4n) is 2.19. The molecular weight excluding hydrogens is 278 g/mol. The predicted octanol–water partition coefficient (Wildman–Crippen LogP) is 1.88. The number of carbonyl (C=O) groups excluding carboxylic acids is 1. The SMILES string of the molecule is O=C(O)C=Cc1ccc(C(=O)NC2CCC(O)CC2)s1. The van der Waals surface area contributed by atoms with Crippen LogP contribution in [-0.4, -0.2) is 34.2 Å². The first-order valence-corrected chi connectivity index (χ1v) is 7.36. The van der Waals surface area contributed by atoms with Crippen LogP contribution in [0.15, 0.2) is 18.2 Å². The number of hydrogen-bond acceptors (Lipinski definition) is 4. The molecule has 1 amide bonds. The molecule has 20 heavy (non-hydrogen) atoms. The second-order valence-electron chi connectivity index (χ2n) is 4.85. The number of aliphatic hydroxyl groups excluding tert-OH is 1. The van der Waals surface area contributed by atoms with Crippen LogP contribution in [0.25, 0.3) is 6.08 Å². The monoisotopic (exact) mass is 295 g/mol. The van der Waals surface area contributed by atoms with Crippen molar-refractivity contribution in [3.8, 4) is 0 Å². The van der Waals surface area contributed by atoms with E-state index in [0.29, 0.717) is 4.88 Å². The quantitative estimate of drug-likeness (QED) is 0.740. The van der Waals surface area contributed by atoms with E-state index < -0.39 is 5.97 Å². The molecule has 3 N–H and O–H groups in total. The zero-order valence-electron chi connectivity index (χ0n) is 10.9. The van der Waals surface area contributed by atoms with Gasteiger partial charge in [0.05, 0.1) is 11.0 Å². The summed E-state index contributed by atoms with van der Waals surface area (Å²) < 4.78 is 0. The number of carboxylic acid groups (broad SMARTS) is 1.